The van der Waals surface area contributed by atoms with Crippen molar-refractivity contribution in [3.8, 4) is 5.75 Å². The molecular weight excluding hydrogens is 266 g/mol. The van der Waals surface area contributed by atoms with E-state index in [9.17, 15) is 9.90 Å². The number of hydrogen-bond donors (Lipinski definition) is 1. The van der Waals surface area contributed by atoms with E-state index >= 15 is 0 Å². The van der Waals surface area contributed by atoms with E-state index in [4.69, 9.17) is 4.42 Å². The number of furan rings is 1. The van der Waals surface area contributed by atoms with Gasteiger partial charge in [0, 0.05) is 6.54 Å². The Hall–Kier alpha value is -2.23. The lowest BCUT2D eigenvalue weighted by Crippen LogP contribution is -2.31. The third kappa shape index (κ3) is 2.94. The van der Waals surface area contributed by atoms with Crippen LogP contribution < -0.4 is 0 Å². The number of amides is 1. The lowest BCUT2D eigenvalue weighted by molar-refractivity contribution is -0.131. The van der Waals surface area contributed by atoms with E-state index in [1.54, 1.807) is 18.2 Å². The molecule has 0 spiro atoms. The number of phenolic OH excluding ortho intramolecular Hbond substituents is 1. The normalized spacial score (nSPS) is 18.1. The number of benzene rings is 1. The minimum atomic E-state index is 0.0449. The molecule has 0 radical (unpaired) electrons. The Kier molecular flexibility index (Phi) is 3.69. The zero-order valence-corrected chi connectivity index (χ0v) is 12.1. The van der Waals surface area contributed by atoms with Crippen molar-refractivity contribution >= 4 is 5.91 Å². The van der Waals surface area contributed by atoms with Gasteiger partial charge in [0.25, 0.3) is 0 Å². The van der Waals surface area contributed by atoms with E-state index in [0.717, 1.165) is 36.5 Å². The quantitative estimate of drug-likeness (QED) is 0.942. The third-order valence-corrected chi connectivity index (χ3v) is 3.93. The van der Waals surface area contributed by atoms with Gasteiger partial charge < -0.3 is 14.4 Å². The second kappa shape index (κ2) is 5.64. The fraction of sp³-hybridized carbons (Fsp3) is 0.353. The highest BCUT2D eigenvalue weighted by atomic mass is 16.3. The maximum absolute atomic E-state index is 12.5. The van der Waals surface area contributed by atoms with Crippen molar-refractivity contribution in [2.45, 2.75) is 32.2 Å². The molecule has 21 heavy (non-hydrogen) atoms. The van der Waals surface area contributed by atoms with Crippen LogP contribution in [0.5, 0.6) is 5.75 Å². The van der Waals surface area contributed by atoms with E-state index in [1.807, 2.05) is 30.0 Å². The molecule has 1 aliphatic heterocycles. The molecule has 1 N–H and O–H groups in total. The summed E-state index contributed by atoms with van der Waals surface area (Å²) in [4.78, 5) is 14.4. The number of rotatable bonds is 3. The number of likely N-dealkylation sites (tertiary alicyclic amines) is 1. The molecule has 3 rings (SSSR count). The van der Waals surface area contributed by atoms with Crippen LogP contribution in [0.1, 0.15) is 36.0 Å². The van der Waals surface area contributed by atoms with Crippen molar-refractivity contribution in [2.75, 3.05) is 6.54 Å². The summed E-state index contributed by atoms with van der Waals surface area (Å²) >= 11 is 0. The molecule has 1 saturated heterocycles. The first-order valence-electron chi connectivity index (χ1n) is 7.27. The second-order valence-corrected chi connectivity index (χ2v) is 5.54. The zero-order chi connectivity index (χ0) is 14.8. The Balaban J connectivity index is 1.74. The van der Waals surface area contributed by atoms with Crippen molar-refractivity contribution in [3.05, 3.63) is 53.5 Å². The van der Waals surface area contributed by atoms with Crippen LogP contribution >= 0.6 is 0 Å². The topological polar surface area (TPSA) is 53.7 Å². The van der Waals surface area contributed by atoms with E-state index in [2.05, 4.69) is 0 Å². The van der Waals surface area contributed by atoms with Crippen LogP contribution in [0.4, 0.5) is 0 Å². The number of nitrogens with zero attached hydrogens (tertiary/aromatic N) is 1. The summed E-state index contributed by atoms with van der Waals surface area (Å²) < 4.78 is 5.68. The summed E-state index contributed by atoms with van der Waals surface area (Å²) in [6.45, 7) is 2.68. The summed E-state index contributed by atoms with van der Waals surface area (Å²) in [7, 11) is 0. The molecule has 1 aliphatic rings. The fourth-order valence-electron chi connectivity index (χ4n) is 2.94. The monoisotopic (exact) mass is 285 g/mol. The Labute approximate surface area is 124 Å². The third-order valence-electron chi connectivity index (χ3n) is 3.93. The Morgan fingerprint density at radius 2 is 2.24 bits per heavy atom. The molecule has 1 aromatic heterocycles. The average Bonchev–Trinajstić information content (AvgIpc) is 3.06. The van der Waals surface area contributed by atoms with Crippen molar-refractivity contribution in [1.29, 1.82) is 0 Å². The number of carbonyl (C=O) groups is 1. The molecule has 4 nitrogen and oxygen atoms in total. The van der Waals surface area contributed by atoms with Crippen LogP contribution in [-0.2, 0) is 11.2 Å². The van der Waals surface area contributed by atoms with Gasteiger partial charge in [-0.2, -0.15) is 0 Å². The highest BCUT2D eigenvalue weighted by molar-refractivity contribution is 5.79. The number of hydrogen-bond acceptors (Lipinski definition) is 3. The Bertz CT molecular complexity index is 647. The molecule has 1 atom stereocenters. The molecule has 2 aromatic rings. The van der Waals surface area contributed by atoms with Gasteiger partial charge in [-0.25, -0.2) is 0 Å². The maximum Gasteiger partial charge on any atom is 0.227 e. The minimum Gasteiger partial charge on any atom is -0.508 e. The molecule has 2 heterocycles. The van der Waals surface area contributed by atoms with Crippen molar-refractivity contribution in [1.82, 2.24) is 4.90 Å². The van der Waals surface area contributed by atoms with Crippen LogP contribution in [0.15, 0.2) is 40.8 Å². The largest absolute Gasteiger partial charge is 0.508 e. The second-order valence-electron chi connectivity index (χ2n) is 5.54. The van der Waals surface area contributed by atoms with E-state index < -0.39 is 0 Å². The Morgan fingerprint density at radius 3 is 2.95 bits per heavy atom. The van der Waals surface area contributed by atoms with Crippen LogP contribution in [-0.4, -0.2) is 22.5 Å². The van der Waals surface area contributed by atoms with Gasteiger partial charge in [-0.05, 0) is 49.6 Å². The van der Waals surface area contributed by atoms with Crippen molar-refractivity contribution < 1.29 is 14.3 Å². The van der Waals surface area contributed by atoms with Gasteiger partial charge in [0.05, 0.1) is 12.5 Å². The van der Waals surface area contributed by atoms with E-state index in [0.29, 0.717) is 6.42 Å². The van der Waals surface area contributed by atoms with Crippen LogP contribution in [0.3, 0.4) is 0 Å². The van der Waals surface area contributed by atoms with Gasteiger partial charge in [-0.1, -0.05) is 12.1 Å². The molecule has 1 fully saturated rings. The lowest BCUT2D eigenvalue weighted by Gasteiger charge is -2.23. The molecular formula is C17H19NO3. The summed E-state index contributed by atoms with van der Waals surface area (Å²) in [6.07, 6.45) is 2.25. The minimum absolute atomic E-state index is 0.0449. The number of aromatic hydroxyl groups is 1. The SMILES string of the molecule is Cc1ccc(C2CCCN2C(=O)Cc2cccc(O)c2)o1. The summed E-state index contributed by atoms with van der Waals surface area (Å²) in [6, 6.07) is 10.8. The maximum atomic E-state index is 12.5. The smallest absolute Gasteiger partial charge is 0.227 e. The molecule has 110 valence electrons. The number of aryl methyl sites for hydroxylation is 1. The number of phenols is 1. The van der Waals surface area contributed by atoms with E-state index in [1.165, 1.54) is 0 Å². The van der Waals surface area contributed by atoms with Gasteiger partial charge in [-0.15, -0.1) is 0 Å². The van der Waals surface area contributed by atoms with E-state index in [-0.39, 0.29) is 17.7 Å². The standard InChI is InChI=1S/C17H19NO3/c1-12-7-8-16(21-12)15-6-3-9-18(15)17(20)11-13-4-2-5-14(19)10-13/h2,4-5,7-8,10,15,19H,3,6,9,11H2,1H3. The van der Waals surface area contributed by atoms with Gasteiger partial charge in [-0.3, -0.25) is 4.79 Å². The summed E-state index contributed by atoms with van der Waals surface area (Å²) in [5.74, 6) is 2.02. The van der Waals surface area contributed by atoms with Gasteiger partial charge in [0.1, 0.15) is 17.3 Å². The zero-order valence-electron chi connectivity index (χ0n) is 12.1. The molecule has 1 unspecified atom stereocenters. The first-order chi connectivity index (χ1) is 10.1. The molecule has 1 aromatic carbocycles. The highest BCUT2D eigenvalue weighted by Gasteiger charge is 2.31. The lowest BCUT2D eigenvalue weighted by atomic mass is 10.1. The summed E-state index contributed by atoms with van der Waals surface area (Å²) in [5, 5.41) is 9.48. The van der Waals surface area contributed by atoms with Gasteiger partial charge in [0.2, 0.25) is 5.91 Å². The van der Waals surface area contributed by atoms with Crippen LogP contribution in [0.2, 0.25) is 0 Å². The first-order valence-corrected chi connectivity index (χ1v) is 7.27. The molecule has 1 amide bonds. The molecule has 0 bridgehead atoms. The average molecular weight is 285 g/mol. The van der Waals surface area contributed by atoms with Crippen molar-refractivity contribution in [3.63, 3.8) is 0 Å². The highest BCUT2D eigenvalue weighted by Crippen LogP contribution is 2.33. The fourth-order valence-corrected chi connectivity index (χ4v) is 2.94. The van der Waals surface area contributed by atoms with Crippen molar-refractivity contribution in [2.24, 2.45) is 0 Å². The summed E-state index contributed by atoms with van der Waals surface area (Å²) in [5.41, 5.74) is 0.835. The van der Waals surface area contributed by atoms with Gasteiger partial charge >= 0.3 is 0 Å². The van der Waals surface area contributed by atoms with Gasteiger partial charge in [0.15, 0.2) is 0 Å². The Morgan fingerprint density at radius 1 is 1.38 bits per heavy atom. The molecule has 0 aliphatic carbocycles. The predicted octanol–water partition coefficient (Wildman–Crippen LogP) is 3.20. The molecule has 4 heteroatoms. The number of carbonyl (C=O) groups excluding carboxylic acids is 1. The van der Waals surface area contributed by atoms with Crippen LogP contribution in [0, 0.1) is 6.92 Å². The molecule has 0 saturated carbocycles. The predicted molar refractivity (Wildman–Crippen MR) is 78.9 cm³/mol. The van der Waals surface area contributed by atoms with Crippen LogP contribution in [0.25, 0.3) is 0 Å². The first kappa shape index (κ1) is 13.7.